The van der Waals surface area contributed by atoms with Gasteiger partial charge in [0.2, 0.25) is 5.95 Å². The average molecular weight is 461 g/mol. The van der Waals surface area contributed by atoms with Crippen LogP contribution in [0.4, 0.5) is 14.7 Å². The van der Waals surface area contributed by atoms with Gasteiger partial charge >= 0.3 is 0 Å². The van der Waals surface area contributed by atoms with Crippen molar-refractivity contribution < 1.29 is 28.5 Å². The van der Waals surface area contributed by atoms with Crippen molar-refractivity contribution in [2.75, 3.05) is 25.1 Å². The Morgan fingerprint density at radius 2 is 2.00 bits per heavy atom. The molecule has 2 aliphatic heterocycles. The van der Waals surface area contributed by atoms with Crippen LogP contribution in [0.15, 0.2) is 12.3 Å². The van der Waals surface area contributed by atoms with E-state index in [-0.39, 0.29) is 53.8 Å². The van der Waals surface area contributed by atoms with Gasteiger partial charge in [-0.05, 0) is 33.3 Å². The fourth-order valence-electron chi connectivity index (χ4n) is 4.35. The summed E-state index contributed by atoms with van der Waals surface area (Å²) in [5, 5.41) is 23.7. The number of imidazole rings is 1. The molecule has 0 radical (unpaired) electrons. The zero-order chi connectivity index (χ0) is 23.5. The van der Waals surface area contributed by atoms with E-state index in [4.69, 9.17) is 9.47 Å². The van der Waals surface area contributed by atoms with Gasteiger partial charge in [0.05, 0.1) is 36.6 Å². The second kappa shape index (κ2) is 7.86. The first kappa shape index (κ1) is 21.9. The molecule has 0 saturated carbocycles. The smallest absolute Gasteiger partial charge is 0.223 e. The van der Waals surface area contributed by atoms with E-state index >= 15 is 4.39 Å². The highest BCUT2D eigenvalue weighted by atomic mass is 19.1. The zero-order valence-electron chi connectivity index (χ0n) is 18.5. The first-order valence-electron chi connectivity index (χ1n) is 10.8. The maximum absolute atomic E-state index is 15.2. The summed E-state index contributed by atoms with van der Waals surface area (Å²) in [6, 6.07) is 0.557. The molecule has 3 N–H and O–H groups in total. The molecule has 2 aliphatic rings. The van der Waals surface area contributed by atoms with Crippen molar-refractivity contribution >= 4 is 17.0 Å². The third-order valence-electron chi connectivity index (χ3n) is 5.96. The first-order valence-corrected chi connectivity index (χ1v) is 10.8. The number of aliphatic hydroxyl groups excluding tert-OH is 1. The summed E-state index contributed by atoms with van der Waals surface area (Å²) >= 11 is 0. The van der Waals surface area contributed by atoms with Crippen molar-refractivity contribution in [2.24, 2.45) is 0 Å². The van der Waals surface area contributed by atoms with Gasteiger partial charge in [-0.25, -0.2) is 23.7 Å². The fourth-order valence-corrected chi connectivity index (χ4v) is 4.35. The van der Waals surface area contributed by atoms with Gasteiger partial charge in [0.15, 0.2) is 17.4 Å². The highest BCUT2D eigenvalue weighted by Crippen LogP contribution is 2.44. The summed E-state index contributed by atoms with van der Waals surface area (Å²) in [4.78, 5) is 12.6. The lowest BCUT2D eigenvalue weighted by molar-refractivity contribution is -0.0136. The van der Waals surface area contributed by atoms with E-state index in [1.165, 1.54) is 0 Å². The van der Waals surface area contributed by atoms with Crippen LogP contribution in [0.1, 0.15) is 39.1 Å². The van der Waals surface area contributed by atoms with Crippen LogP contribution in [0.5, 0.6) is 5.75 Å². The number of aliphatic hydroxyl groups is 2. The molecule has 5 rings (SSSR count). The Balaban J connectivity index is 1.65. The lowest BCUT2D eigenvalue weighted by Gasteiger charge is -2.29. The van der Waals surface area contributed by atoms with Crippen LogP contribution in [0.2, 0.25) is 0 Å². The maximum Gasteiger partial charge on any atom is 0.223 e. The van der Waals surface area contributed by atoms with Gasteiger partial charge in [-0.3, -0.25) is 0 Å². The number of ether oxygens (including phenoxy) is 2. The molecule has 176 valence electrons. The summed E-state index contributed by atoms with van der Waals surface area (Å²) in [7, 11) is 0. The van der Waals surface area contributed by atoms with Gasteiger partial charge in [-0.2, -0.15) is 0 Å². The molecule has 0 spiro atoms. The quantitative estimate of drug-likeness (QED) is 0.543. The van der Waals surface area contributed by atoms with Gasteiger partial charge in [-0.1, -0.05) is 0 Å². The zero-order valence-corrected chi connectivity index (χ0v) is 18.5. The molecule has 0 aliphatic carbocycles. The molecule has 33 heavy (non-hydrogen) atoms. The number of rotatable bonds is 4. The molecule has 1 fully saturated rings. The van der Waals surface area contributed by atoms with Gasteiger partial charge < -0.3 is 29.6 Å². The predicted octanol–water partition coefficient (Wildman–Crippen LogP) is 2.51. The molecule has 1 aromatic carbocycles. The molecule has 0 unspecified atom stereocenters. The number of nitrogens with zero attached hydrogens (tertiary/aromatic N) is 4. The van der Waals surface area contributed by atoms with Crippen LogP contribution in [-0.2, 0) is 10.3 Å². The van der Waals surface area contributed by atoms with E-state index in [2.05, 4.69) is 20.3 Å². The van der Waals surface area contributed by atoms with Crippen molar-refractivity contribution in [3.63, 3.8) is 0 Å². The number of aromatic nitrogens is 4. The minimum atomic E-state index is -1.32. The standard InChI is InChI=1S/C22H25F2N5O4/c1-10-8-33-19-11(6-12(23)17-18(19)29(10)20(27-17)22(2,3)31)16-13(24)7-25-21(28-16)26-14-4-5-32-9-15(14)30/h6-7,10,14-15,30-31H,4-5,8-9H2,1-3H3,(H,25,26,28)/t10-,14+,15+/m0/s1. The number of halogens is 2. The van der Waals surface area contributed by atoms with E-state index < -0.39 is 23.3 Å². The van der Waals surface area contributed by atoms with Crippen LogP contribution in [0.3, 0.4) is 0 Å². The summed E-state index contributed by atoms with van der Waals surface area (Å²) in [5.74, 6) is -0.802. The van der Waals surface area contributed by atoms with Gasteiger partial charge in [-0.15, -0.1) is 0 Å². The summed E-state index contributed by atoms with van der Waals surface area (Å²) in [6.45, 7) is 5.89. The van der Waals surface area contributed by atoms with Crippen molar-refractivity contribution in [1.82, 2.24) is 19.5 Å². The van der Waals surface area contributed by atoms with Crippen molar-refractivity contribution in [2.45, 2.75) is 51.0 Å². The normalized spacial score (nSPS) is 22.9. The van der Waals surface area contributed by atoms with Crippen LogP contribution >= 0.6 is 0 Å². The Bertz CT molecular complexity index is 1230. The van der Waals surface area contributed by atoms with Crippen LogP contribution < -0.4 is 10.1 Å². The Hall–Kier alpha value is -2.89. The third-order valence-corrected chi connectivity index (χ3v) is 5.96. The summed E-state index contributed by atoms with van der Waals surface area (Å²) < 4.78 is 43.0. The Morgan fingerprint density at radius 3 is 2.73 bits per heavy atom. The monoisotopic (exact) mass is 461 g/mol. The van der Waals surface area contributed by atoms with E-state index in [1.54, 1.807) is 18.4 Å². The van der Waals surface area contributed by atoms with Crippen molar-refractivity contribution in [1.29, 1.82) is 0 Å². The van der Waals surface area contributed by atoms with Gasteiger partial charge in [0, 0.05) is 6.61 Å². The van der Waals surface area contributed by atoms with E-state index in [9.17, 15) is 14.6 Å². The molecule has 3 atom stereocenters. The minimum Gasteiger partial charge on any atom is -0.488 e. The van der Waals surface area contributed by atoms with Crippen molar-refractivity contribution in [3.05, 3.63) is 29.7 Å². The lowest BCUT2D eigenvalue weighted by Crippen LogP contribution is -2.42. The molecular formula is C22H25F2N5O4. The minimum absolute atomic E-state index is 0.0376. The molecule has 2 aromatic heterocycles. The van der Waals surface area contributed by atoms with Crippen molar-refractivity contribution in [3.8, 4) is 17.0 Å². The fraction of sp³-hybridized carbons (Fsp3) is 0.500. The third kappa shape index (κ3) is 3.69. The Kier molecular flexibility index (Phi) is 5.22. The molecule has 4 heterocycles. The number of nitrogens with one attached hydrogen (secondary N) is 1. The second-order valence-corrected chi connectivity index (χ2v) is 9.03. The molecule has 1 saturated heterocycles. The van der Waals surface area contributed by atoms with E-state index in [1.807, 2.05) is 6.92 Å². The first-order chi connectivity index (χ1) is 15.6. The van der Waals surface area contributed by atoms with Crippen LogP contribution in [0.25, 0.3) is 22.3 Å². The molecule has 0 amide bonds. The maximum atomic E-state index is 15.2. The number of benzene rings is 1. The topological polar surface area (TPSA) is 115 Å². The highest BCUT2D eigenvalue weighted by Gasteiger charge is 2.35. The SMILES string of the molecule is C[C@H]1COc2c(-c3nc(N[C@@H]4CCOC[C@H]4O)ncc3F)cc(F)c3nc(C(C)(C)O)n1c23. The Morgan fingerprint density at radius 1 is 1.21 bits per heavy atom. The molecule has 3 aromatic rings. The number of hydrogen-bond donors (Lipinski definition) is 3. The van der Waals surface area contributed by atoms with E-state index in [0.29, 0.717) is 24.4 Å². The van der Waals surface area contributed by atoms with Crippen LogP contribution in [-0.4, -0.2) is 61.7 Å². The summed E-state index contributed by atoms with van der Waals surface area (Å²) in [5.41, 5.74) is -0.970. The van der Waals surface area contributed by atoms with Gasteiger partial charge in [0.1, 0.15) is 34.8 Å². The lowest BCUT2D eigenvalue weighted by atomic mass is 10.1. The summed E-state index contributed by atoms with van der Waals surface area (Å²) in [6.07, 6.45) is 0.768. The largest absolute Gasteiger partial charge is 0.488 e. The number of hydrogen-bond acceptors (Lipinski definition) is 8. The number of anilines is 1. The van der Waals surface area contributed by atoms with E-state index in [0.717, 1.165) is 12.3 Å². The predicted molar refractivity (Wildman–Crippen MR) is 115 cm³/mol. The molecule has 9 nitrogen and oxygen atoms in total. The average Bonchev–Trinajstić information content (AvgIpc) is 3.18. The second-order valence-electron chi connectivity index (χ2n) is 9.03. The van der Waals surface area contributed by atoms with Gasteiger partial charge in [0.25, 0.3) is 0 Å². The Labute approximate surface area is 188 Å². The highest BCUT2D eigenvalue weighted by molar-refractivity contribution is 5.92. The van der Waals surface area contributed by atoms with Crippen LogP contribution in [0, 0.1) is 11.6 Å². The molecule has 0 bridgehead atoms. The molecular weight excluding hydrogens is 436 g/mol. The molecule has 11 heteroatoms.